The Labute approximate surface area is 116 Å². The van der Waals surface area contributed by atoms with Crippen molar-refractivity contribution in [2.45, 2.75) is 25.3 Å². The van der Waals surface area contributed by atoms with Gasteiger partial charge in [-0.3, -0.25) is 4.79 Å². The van der Waals surface area contributed by atoms with Crippen LogP contribution < -0.4 is 5.32 Å². The maximum absolute atomic E-state index is 12.3. The Bertz CT molecular complexity index is 679. The number of carbonyl (C=O) groups excluding carboxylic acids is 1. The lowest BCUT2D eigenvalue weighted by Gasteiger charge is -2.28. The van der Waals surface area contributed by atoms with E-state index in [2.05, 4.69) is 15.3 Å². The van der Waals surface area contributed by atoms with Crippen LogP contribution >= 0.6 is 0 Å². The molecule has 0 aliphatic heterocycles. The van der Waals surface area contributed by atoms with Crippen LogP contribution in [-0.4, -0.2) is 33.1 Å². The molecule has 5 nitrogen and oxygen atoms in total. The molecule has 2 aromatic rings. The maximum Gasteiger partial charge on any atom is 0.251 e. The molecule has 0 unspecified atom stereocenters. The van der Waals surface area contributed by atoms with E-state index in [1.54, 1.807) is 12.1 Å². The number of benzene rings is 1. The molecule has 20 heavy (non-hydrogen) atoms. The number of nitrogens with zero attached hydrogens (tertiary/aromatic N) is 1. The second kappa shape index (κ2) is 4.76. The van der Waals surface area contributed by atoms with Crippen molar-refractivity contribution in [3.05, 3.63) is 41.7 Å². The molecule has 1 amide bonds. The number of hydrogen-bond acceptors (Lipinski definition) is 3. The summed E-state index contributed by atoms with van der Waals surface area (Å²) in [5, 5.41) is 12.5. The molecule has 104 valence electrons. The van der Waals surface area contributed by atoms with Gasteiger partial charge in [-0.15, -0.1) is 0 Å². The molecule has 0 saturated carbocycles. The van der Waals surface area contributed by atoms with Crippen molar-refractivity contribution in [1.82, 2.24) is 15.3 Å². The van der Waals surface area contributed by atoms with E-state index in [-0.39, 0.29) is 12.5 Å². The van der Waals surface area contributed by atoms with Crippen LogP contribution in [0.5, 0.6) is 0 Å². The summed E-state index contributed by atoms with van der Waals surface area (Å²) in [6.07, 6.45) is 5.30. The lowest BCUT2D eigenvalue weighted by Crippen LogP contribution is -2.49. The number of amides is 1. The molecule has 1 aromatic heterocycles. The molecule has 0 atom stereocenters. The summed E-state index contributed by atoms with van der Waals surface area (Å²) in [5.74, 6) is 0.654. The Morgan fingerprint density at radius 1 is 1.45 bits per heavy atom. The summed E-state index contributed by atoms with van der Waals surface area (Å²) >= 11 is 0. The zero-order valence-corrected chi connectivity index (χ0v) is 11.3. The Morgan fingerprint density at radius 2 is 2.20 bits per heavy atom. The van der Waals surface area contributed by atoms with Crippen LogP contribution in [0.1, 0.15) is 29.0 Å². The zero-order valence-electron chi connectivity index (χ0n) is 11.3. The Balaban J connectivity index is 1.84. The Morgan fingerprint density at radius 3 is 2.90 bits per heavy atom. The average molecular weight is 271 g/mol. The monoisotopic (exact) mass is 271 g/mol. The fraction of sp³-hybridized carbons (Fsp3) is 0.333. The fourth-order valence-corrected chi connectivity index (χ4v) is 2.56. The van der Waals surface area contributed by atoms with Gasteiger partial charge in [0.05, 0.1) is 23.2 Å². The van der Waals surface area contributed by atoms with Gasteiger partial charge in [-0.1, -0.05) is 12.2 Å². The molecule has 1 heterocycles. The van der Waals surface area contributed by atoms with Crippen LogP contribution in [-0.2, 0) is 0 Å². The van der Waals surface area contributed by atoms with Crippen molar-refractivity contribution < 1.29 is 9.90 Å². The zero-order chi connectivity index (χ0) is 14.2. The minimum Gasteiger partial charge on any atom is -0.394 e. The summed E-state index contributed by atoms with van der Waals surface area (Å²) in [5.41, 5.74) is 1.72. The van der Waals surface area contributed by atoms with Gasteiger partial charge in [0.2, 0.25) is 0 Å². The van der Waals surface area contributed by atoms with E-state index < -0.39 is 5.54 Å². The standard InChI is InChI=1S/C15H17N3O2/c1-10-16-12-5-4-11(8-13(12)17-10)14(20)18-15(9-19)6-2-3-7-15/h2-5,8,19H,6-7,9H2,1H3,(H,16,17)(H,18,20). The molecule has 1 aromatic carbocycles. The number of aliphatic hydroxyl groups is 1. The Kier molecular flexibility index (Phi) is 3.06. The van der Waals surface area contributed by atoms with Gasteiger partial charge in [0.25, 0.3) is 5.91 Å². The molecule has 0 saturated heterocycles. The van der Waals surface area contributed by atoms with E-state index in [1.165, 1.54) is 0 Å². The SMILES string of the molecule is Cc1nc2ccc(C(=O)NC3(CO)CC=CC3)cc2[nH]1. The van der Waals surface area contributed by atoms with Gasteiger partial charge < -0.3 is 15.4 Å². The lowest BCUT2D eigenvalue weighted by atomic mass is 9.97. The third-order valence-corrected chi connectivity index (χ3v) is 3.73. The minimum absolute atomic E-state index is 0.0584. The minimum atomic E-state index is -0.546. The number of nitrogens with one attached hydrogen (secondary N) is 2. The molecule has 1 aliphatic rings. The lowest BCUT2D eigenvalue weighted by molar-refractivity contribution is 0.0845. The van der Waals surface area contributed by atoms with E-state index in [0.717, 1.165) is 16.9 Å². The average Bonchev–Trinajstić information content (AvgIpc) is 3.03. The van der Waals surface area contributed by atoms with E-state index in [4.69, 9.17) is 0 Å². The highest BCUT2D eigenvalue weighted by molar-refractivity contribution is 5.97. The summed E-state index contributed by atoms with van der Waals surface area (Å²) in [7, 11) is 0. The molecule has 3 rings (SSSR count). The second-order valence-electron chi connectivity index (χ2n) is 5.33. The number of hydrogen-bond donors (Lipinski definition) is 3. The van der Waals surface area contributed by atoms with Gasteiger partial charge >= 0.3 is 0 Å². The topological polar surface area (TPSA) is 78.0 Å². The van der Waals surface area contributed by atoms with Crippen LogP contribution in [0.3, 0.4) is 0 Å². The first-order valence-electron chi connectivity index (χ1n) is 6.67. The number of imidazole rings is 1. The first-order valence-corrected chi connectivity index (χ1v) is 6.67. The molecular weight excluding hydrogens is 254 g/mol. The largest absolute Gasteiger partial charge is 0.394 e. The smallest absolute Gasteiger partial charge is 0.251 e. The molecular formula is C15H17N3O2. The van der Waals surface area contributed by atoms with Crippen molar-refractivity contribution in [3.8, 4) is 0 Å². The molecule has 0 fully saturated rings. The van der Waals surface area contributed by atoms with Crippen LogP contribution in [0.25, 0.3) is 11.0 Å². The highest BCUT2D eigenvalue weighted by Gasteiger charge is 2.32. The normalized spacial score (nSPS) is 16.7. The molecule has 0 radical (unpaired) electrons. The van der Waals surface area contributed by atoms with E-state index in [9.17, 15) is 9.90 Å². The number of aryl methyl sites for hydroxylation is 1. The number of carbonyl (C=O) groups is 1. The molecule has 5 heteroatoms. The fourth-order valence-electron chi connectivity index (χ4n) is 2.56. The van der Waals surface area contributed by atoms with Crippen LogP contribution in [0.2, 0.25) is 0 Å². The molecule has 0 spiro atoms. The van der Waals surface area contributed by atoms with Crippen LogP contribution in [0, 0.1) is 6.92 Å². The molecule has 3 N–H and O–H groups in total. The van der Waals surface area contributed by atoms with Gasteiger partial charge in [-0.25, -0.2) is 4.98 Å². The molecule has 1 aliphatic carbocycles. The quantitative estimate of drug-likeness (QED) is 0.743. The maximum atomic E-state index is 12.3. The predicted octanol–water partition coefficient (Wildman–Crippen LogP) is 1.68. The number of H-pyrrole nitrogens is 1. The van der Waals surface area contributed by atoms with Crippen molar-refractivity contribution in [3.63, 3.8) is 0 Å². The predicted molar refractivity (Wildman–Crippen MR) is 76.5 cm³/mol. The third kappa shape index (κ3) is 2.20. The number of aromatic nitrogens is 2. The number of aromatic amines is 1. The third-order valence-electron chi connectivity index (χ3n) is 3.73. The van der Waals surface area contributed by atoms with Crippen molar-refractivity contribution in [2.75, 3.05) is 6.61 Å². The van der Waals surface area contributed by atoms with Gasteiger partial charge in [0.1, 0.15) is 5.82 Å². The highest BCUT2D eigenvalue weighted by Crippen LogP contribution is 2.24. The first kappa shape index (κ1) is 12.9. The van der Waals surface area contributed by atoms with Crippen molar-refractivity contribution >= 4 is 16.9 Å². The Hall–Kier alpha value is -2.14. The summed E-state index contributed by atoms with van der Waals surface area (Å²) in [6.45, 7) is 1.82. The first-order chi connectivity index (χ1) is 9.62. The van der Waals surface area contributed by atoms with Gasteiger partial charge in [0.15, 0.2) is 0 Å². The van der Waals surface area contributed by atoms with Gasteiger partial charge in [-0.05, 0) is 38.0 Å². The van der Waals surface area contributed by atoms with Crippen LogP contribution in [0.15, 0.2) is 30.4 Å². The van der Waals surface area contributed by atoms with Gasteiger partial charge in [-0.2, -0.15) is 0 Å². The number of rotatable bonds is 3. The van der Waals surface area contributed by atoms with Gasteiger partial charge in [0, 0.05) is 5.56 Å². The van der Waals surface area contributed by atoms with E-state index >= 15 is 0 Å². The number of aliphatic hydroxyl groups excluding tert-OH is 1. The number of fused-ring (bicyclic) bond motifs is 1. The highest BCUT2D eigenvalue weighted by atomic mass is 16.3. The summed E-state index contributed by atoms with van der Waals surface area (Å²) in [4.78, 5) is 19.8. The van der Waals surface area contributed by atoms with E-state index in [1.807, 2.05) is 25.1 Å². The van der Waals surface area contributed by atoms with Crippen LogP contribution in [0.4, 0.5) is 0 Å². The van der Waals surface area contributed by atoms with Crippen molar-refractivity contribution in [2.24, 2.45) is 0 Å². The summed E-state index contributed by atoms with van der Waals surface area (Å²) < 4.78 is 0. The molecule has 0 bridgehead atoms. The second-order valence-corrected chi connectivity index (χ2v) is 5.33. The van der Waals surface area contributed by atoms with E-state index in [0.29, 0.717) is 18.4 Å². The van der Waals surface area contributed by atoms with Crippen molar-refractivity contribution in [1.29, 1.82) is 0 Å². The summed E-state index contributed by atoms with van der Waals surface area (Å²) in [6, 6.07) is 5.37.